The number of amides is 1. The molecule has 0 unspecified atom stereocenters. The minimum atomic E-state index is -4.71. The van der Waals surface area contributed by atoms with Crippen molar-refractivity contribution in [3.05, 3.63) is 53.0 Å². The van der Waals surface area contributed by atoms with Gasteiger partial charge in [0.25, 0.3) is 0 Å². The molecule has 2 aliphatic heterocycles. The second-order valence-corrected chi connectivity index (χ2v) is 10.9. The van der Waals surface area contributed by atoms with Crippen LogP contribution < -0.4 is 4.90 Å². The molecule has 1 saturated carbocycles. The van der Waals surface area contributed by atoms with Crippen LogP contribution in [-0.4, -0.2) is 75.8 Å². The van der Waals surface area contributed by atoms with Crippen molar-refractivity contribution in [3.63, 3.8) is 0 Å². The van der Waals surface area contributed by atoms with Gasteiger partial charge in [0.15, 0.2) is 5.69 Å². The summed E-state index contributed by atoms with van der Waals surface area (Å²) in [4.78, 5) is 21.9. The summed E-state index contributed by atoms with van der Waals surface area (Å²) in [6.45, 7) is 9.43. The van der Waals surface area contributed by atoms with Crippen molar-refractivity contribution in [2.24, 2.45) is 7.05 Å². The topological polar surface area (TPSA) is 81.3 Å². The molecule has 0 N–H and O–H groups in total. The first-order valence-corrected chi connectivity index (χ1v) is 13.5. The fourth-order valence-electron chi connectivity index (χ4n) is 6.46. The van der Waals surface area contributed by atoms with Crippen LogP contribution in [0.15, 0.2) is 24.9 Å². The highest BCUT2D eigenvalue weighted by molar-refractivity contribution is 5.87. The lowest BCUT2D eigenvalue weighted by Gasteiger charge is -2.47. The van der Waals surface area contributed by atoms with Gasteiger partial charge < -0.3 is 9.80 Å². The minimum Gasteiger partial charge on any atom is -0.357 e. The van der Waals surface area contributed by atoms with Crippen LogP contribution in [-0.2, 0) is 18.0 Å². The van der Waals surface area contributed by atoms with E-state index in [1.807, 2.05) is 35.8 Å². The maximum Gasteiger partial charge on any atom is 0.434 e. The standard InChI is InChI=1S/C28H34F3N7O/c1-4-25(39)38-11-9-36(10-12-38)21-13-20(14-21)22-15-24(34-27(23(22)16-32)28(29,30)31)37-7-5-19(6-8-37)26-18(2)17-33-35(26)3/h4,15,17,19-21H,1,5-14H2,2-3H3/t20-,21+. The number of nitriles is 1. The molecule has 208 valence electrons. The zero-order chi connectivity index (χ0) is 27.9. The molecule has 2 saturated heterocycles. The number of halogens is 3. The molecule has 3 aliphatic rings. The molecule has 39 heavy (non-hydrogen) atoms. The summed E-state index contributed by atoms with van der Waals surface area (Å²) < 4.78 is 44.2. The van der Waals surface area contributed by atoms with Gasteiger partial charge in [-0.25, -0.2) is 4.98 Å². The summed E-state index contributed by atoms with van der Waals surface area (Å²) in [7, 11) is 1.92. The van der Waals surface area contributed by atoms with Crippen LogP contribution in [0.2, 0.25) is 0 Å². The van der Waals surface area contributed by atoms with Crippen LogP contribution in [0.3, 0.4) is 0 Å². The first-order valence-electron chi connectivity index (χ1n) is 13.5. The van der Waals surface area contributed by atoms with Crippen LogP contribution in [0.5, 0.6) is 0 Å². The molecular formula is C28H34F3N7O. The Morgan fingerprint density at radius 1 is 1.13 bits per heavy atom. The number of anilines is 1. The average molecular weight is 542 g/mol. The molecule has 0 radical (unpaired) electrons. The average Bonchev–Trinajstić information content (AvgIpc) is 3.24. The van der Waals surface area contributed by atoms with Gasteiger partial charge in [0.05, 0.1) is 11.8 Å². The third kappa shape index (κ3) is 5.26. The summed E-state index contributed by atoms with van der Waals surface area (Å²) >= 11 is 0. The molecule has 5 rings (SSSR count). The van der Waals surface area contributed by atoms with E-state index in [0.29, 0.717) is 56.3 Å². The van der Waals surface area contributed by atoms with Gasteiger partial charge in [-0.1, -0.05) is 6.58 Å². The molecule has 11 heteroatoms. The summed E-state index contributed by atoms with van der Waals surface area (Å²) in [6.07, 6.45) is 1.42. The Kier molecular flexibility index (Phi) is 7.42. The van der Waals surface area contributed by atoms with Gasteiger partial charge in [-0.3, -0.25) is 14.4 Å². The number of hydrogen-bond donors (Lipinski definition) is 0. The van der Waals surface area contributed by atoms with Crippen LogP contribution in [0.25, 0.3) is 0 Å². The highest BCUT2D eigenvalue weighted by atomic mass is 19.4. The van der Waals surface area contributed by atoms with E-state index < -0.39 is 11.9 Å². The number of pyridine rings is 1. The van der Waals surface area contributed by atoms with Crippen molar-refractivity contribution in [2.45, 2.75) is 56.7 Å². The lowest BCUT2D eigenvalue weighted by atomic mass is 9.73. The Balaban J connectivity index is 1.32. The number of aromatic nitrogens is 3. The summed E-state index contributed by atoms with van der Waals surface area (Å²) in [5.41, 5.74) is 1.33. The Labute approximate surface area is 226 Å². The second-order valence-electron chi connectivity index (χ2n) is 10.9. The molecule has 4 heterocycles. The number of piperazine rings is 1. The molecule has 3 fully saturated rings. The summed E-state index contributed by atoms with van der Waals surface area (Å²) in [5, 5.41) is 14.1. The summed E-state index contributed by atoms with van der Waals surface area (Å²) in [5.74, 6) is 0.387. The molecule has 0 atom stereocenters. The van der Waals surface area contributed by atoms with Crippen molar-refractivity contribution in [1.29, 1.82) is 5.26 Å². The van der Waals surface area contributed by atoms with E-state index in [4.69, 9.17) is 0 Å². The molecule has 8 nitrogen and oxygen atoms in total. The van der Waals surface area contributed by atoms with Crippen molar-refractivity contribution >= 4 is 11.7 Å². The Morgan fingerprint density at radius 3 is 2.33 bits per heavy atom. The molecule has 2 aromatic heterocycles. The highest BCUT2D eigenvalue weighted by Crippen LogP contribution is 2.45. The molecule has 0 aromatic carbocycles. The van der Waals surface area contributed by atoms with Crippen molar-refractivity contribution < 1.29 is 18.0 Å². The van der Waals surface area contributed by atoms with E-state index in [2.05, 4.69) is 21.6 Å². The largest absolute Gasteiger partial charge is 0.434 e. The van der Waals surface area contributed by atoms with Crippen LogP contribution in [0.1, 0.15) is 65.6 Å². The Bertz CT molecular complexity index is 1260. The lowest BCUT2D eigenvalue weighted by Crippen LogP contribution is -2.54. The molecule has 2 aromatic rings. The van der Waals surface area contributed by atoms with Gasteiger partial charge >= 0.3 is 6.18 Å². The number of alkyl halides is 3. The SMILES string of the molecule is C=CC(=O)N1CCN([C@H]2C[C@@H](c3cc(N4CCC(c5c(C)cnn5C)CC4)nc(C(F)(F)F)c3C#N)C2)CC1. The van der Waals surface area contributed by atoms with Gasteiger partial charge in [-0.15, -0.1) is 0 Å². The van der Waals surface area contributed by atoms with Crippen LogP contribution in [0, 0.1) is 18.3 Å². The van der Waals surface area contributed by atoms with Crippen molar-refractivity contribution in [2.75, 3.05) is 44.2 Å². The fraction of sp³-hybridized carbons (Fsp3) is 0.571. The fourth-order valence-corrected chi connectivity index (χ4v) is 6.46. The van der Waals surface area contributed by atoms with Gasteiger partial charge in [0, 0.05) is 64.0 Å². The third-order valence-electron chi connectivity index (χ3n) is 8.67. The lowest BCUT2D eigenvalue weighted by molar-refractivity contribution is -0.141. The monoisotopic (exact) mass is 541 g/mol. The number of carbonyl (C=O) groups is 1. The van der Waals surface area contributed by atoms with E-state index in [9.17, 15) is 23.2 Å². The van der Waals surface area contributed by atoms with Crippen LogP contribution in [0.4, 0.5) is 19.0 Å². The van der Waals surface area contributed by atoms with E-state index in [1.165, 1.54) is 11.8 Å². The van der Waals surface area contributed by atoms with E-state index in [0.717, 1.165) is 31.5 Å². The Morgan fingerprint density at radius 2 is 1.79 bits per heavy atom. The molecule has 1 aliphatic carbocycles. The van der Waals surface area contributed by atoms with Gasteiger partial charge in [-0.2, -0.15) is 23.5 Å². The number of rotatable bonds is 5. The smallest absolute Gasteiger partial charge is 0.357 e. The number of carbonyl (C=O) groups excluding carboxylic acids is 1. The predicted octanol–water partition coefficient (Wildman–Crippen LogP) is 3.97. The molecular weight excluding hydrogens is 507 g/mol. The quantitative estimate of drug-likeness (QED) is 0.533. The molecule has 1 amide bonds. The Hall–Kier alpha value is -3.39. The van der Waals surface area contributed by atoms with Crippen LogP contribution >= 0.6 is 0 Å². The third-order valence-corrected chi connectivity index (χ3v) is 8.67. The zero-order valence-electron chi connectivity index (χ0n) is 22.4. The normalized spacial score (nSPS) is 22.9. The maximum atomic E-state index is 14.1. The minimum absolute atomic E-state index is 0.0803. The number of aryl methyl sites for hydroxylation is 2. The first kappa shape index (κ1) is 27.2. The number of nitrogens with zero attached hydrogens (tertiary/aromatic N) is 7. The van der Waals surface area contributed by atoms with Gasteiger partial charge in [0.2, 0.25) is 5.91 Å². The van der Waals surface area contributed by atoms with Gasteiger partial charge in [-0.05, 0) is 61.8 Å². The maximum absolute atomic E-state index is 14.1. The summed E-state index contributed by atoms with van der Waals surface area (Å²) in [6, 6.07) is 3.78. The first-order chi connectivity index (χ1) is 18.6. The van der Waals surface area contributed by atoms with E-state index >= 15 is 0 Å². The molecule has 0 bridgehead atoms. The van der Waals surface area contributed by atoms with Crippen molar-refractivity contribution in [3.8, 4) is 6.07 Å². The van der Waals surface area contributed by atoms with Gasteiger partial charge in [0.1, 0.15) is 11.9 Å². The highest BCUT2D eigenvalue weighted by Gasteiger charge is 2.42. The number of hydrogen-bond acceptors (Lipinski definition) is 6. The number of piperidine rings is 1. The second kappa shape index (κ2) is 10.6. The van der Waals surface area contributed by atoms with Crippen molar-refractivity contribution in [1.82, 2.24) is 24.6 Å². The predicted molar refractivity (Wildman–Crippen MR) is 140 cm³/mol. The van der Waals surface area contributed by atoms with E-state index in [1.54, 1.807) is 11.0 Å². The molecule has 0 spiro atoms. The zero-order valence-corrected chi connectivity index (χ0v) is 22.4. The van der Waals surface area contributed by atoms with E-state index in [-0.39, 0.29) is 23.4 Å².